The lowest BCUT2D eigenvalue weighted by Crippen LogP contribution is -2.15. The Morgan fingerprint density at radius 3 is 0.907 bits per heavy atom. The van der Waals surface area contributed by atoms with E-state index < -0.39 is 35.8 Å². The van der Waals surface area contributed by atoms with Crippen LogP contribution in [-0.2, 0) is 42.7 Å². The Hall–Kier alpha value is -5.30. The topological polar surface area (TPSA) is 167 Å². The van der Waals surface area contributed by atoms with Crippen LogP contribution in [0.2, 0.25) is 0 Å². The van der Waals surface area contributed by atoms with Crippen LogP contribution in [0.1, 0.15) is 41.4 Å². The molecule has 0 atom stereocenters. The van der Waals surface area contributed by atoms with Gasteiger partial charge in [-0.3, -0.25) is 0 Å². The first-order valence-electron chi connectivity index (χ1n) is 12.8. The highest BCUT2D eigenvalue weighted by Gasteiger charge is 2.13. The van der Waals surface area contributed by atoms with Crippen molar-refractivity contribution in [2.24, 2.45) is 0 Å². The molecule has 0 aliphatic rings. The van der Waals surface area contributed by atoms with Crippen LogP contribution in [0.15, 0.2) is 73.8 Å². The quantitative estimate of drug-likeness (QED) is 0.106. The Bertz CT molecular complexity index is 1180. The lowest BCUT2D eigenvalue weighted by Gasteiger charge is -2.08. The third-order valence-corrected chi connectivity index (χ3v) is 5.09. The van der Waals surface area contributed by atoms with E-state index in [4.69, 9.17) is 33.2 Å². The molecule has 0 unspecified atom stereocenters. The SMILES string of the molecule is C=CC(=O)OCCOC(=O)c1ccc(C(=O)OCCOCCOC(=O)c2ccc(C(=O)OCCOC(=O)C=C)cc2)cc1. The maximum absolute atomic E-state index is 12.2. The molecule has 43 heavy (non-hydrogen) atoms. The van der Waals surface area contributed by atoms with Gasteiger partial charge in [0.05, 0.1) is 35.5 Å². The van der Waals surface area contributed by atoms with Crippen LogP contribution in [0.25, 0.3) is 0 Å². The van der Waals surface area contributed by atoms with Gasteiger partial charge in [-0.25, -0.2) is 28.8 Å². The normalized spacial score (nSPS) is 10.0. The summed E-state index contributed by atoms with van der Waals surface area (Å²) in [5, 5.41) is 0. The highest BCUT2D eigenvalue weighted by Crippen LogP contribution is 2.09. The smallest absolute Gasteiger partial charge is 0.338 e. The molecule has 228 valence electrons. The van der Waals surface area contributed by atoms with E-state index in [1.165, 1.54) is 48.5 Å². The molecule has 0 aliphatic heterocycles. The Balaban J connectivity index is 1.59. The van der Waals surface area contributed by atoms with Gasteiger partial charge >= 0.3 is 35.8 Å². The minimum atomic E-state index is -0.650. The first kappa shape index (κ1) is 33.9. The molecule has 0 amide bonds. The van der Waals surface area contributed by atoms with Crippen LogP contribution < -0.4 is 0 Å². The maximum Gasteiger partial charge on any atom is 0.338 e. The summed E-state index contributed by atoms with van der Waals surface area (Å²) in [5.74, 6) is -3.81. The van der Waals surface area contributed by atoms with E-state index in [0.717, 1.165) is 12.2 Å². The fourth-order valence-corrected chi connectivity index (χ4v) is 2.98. The zero-order valence-electron chi connectivity index (χ0n) is 23.2. The molecule has 0 aromatic heterocycles. The third-order valence-electron chi connectivity index (χ3n) is 5.09. The van der Waals surface area contributed by atoms with Crippen molar-refractivity contribution in [3.63, 3.8) is 0 Å². The molecular weight excluding hydrogens is 568 g/mol. The second kappa shape index (κ2) is 18.9. The van der Waals surface area contributed by atoms with Crippen molar-refractivity contribution >= 4 is 35.8 Å². The number of rotatable bonds is 18. The second-order valence-corrected chi connectivity index (χ2v) is 8.05. The highest BCUT2D eigenvalue weighted by molar-refractivity contribution is 5.94. The van der Waals surface area contributed by atoms with Crippen molar-refractivity contribution in [3.05, 3.63) is 96.1 Å². The zero-order valence-corrected chi connectivity index (χ0v) is 23.2. The van der Waals surface area contributed by atoms with Crippen molar-refractivity contribution < 1.29 is 61.9 Å². The summed E-state index contributed by atoms with van der Waals surface area (Å²) < 4.78 is 34.8. The summed E-state index contributed by atoms with van der Waals surface area (Å²) in [6.45, 7) is 5.99. The molecule has 0 heterocycles. The van der Waals surface area contributed by atoms with Gasteiger partial charge in [0.2, 0.25) is 0 Å². The van der Waals surface area contributed by atoms with Gasteiger partial charge in [0.25, 0.3) is 0 Å². The third kappa shape index (κ3) is 12.8. The van der Waals surface area contributed by atoms with Crippen molar-refractivity contribution in [1.82, 2.24) is 0 Å². The summed E-state index contributed by atoms with van der Waals surface area (Å²) in [5.41, 5.74) is 0.810. The van der Waals surface area contributed by atoms with Gasteiger partial charge in [-0.2, -0.15) is 0 Å². The van der Waals surface area contributed by atoms with E-state index in [1.807, 2.05) is 0 Å². The van der Waals surface area contributed by atoms with Crippen LogP contribution in [0.3, 0.4) is 0 Å². The highest BCUT2D eigenvalue weighted by atomic mass is 16.6. The van der Waals surface area contributed by atoms with Crippen LogP contribution >= 0.6 is 0 Å². The molecular formula is C30H30O13. The maximum atomic E-state index is 12.2. The van der Waals surface area contributed by atoms with Crippen molar-refractivity contribution in [2.75, 3.05) is 52.9 Å². The molecule has 0 N–H and O–H groups in total. The molecule has 0 radical (unpaired) electrons. The molecule has 13 heteroatoms. The first-order valence-corrected chi connectivity index (χ1v) is 12.8. The first-order chi connectivity index (χ1) is 20.7. The summed E-state index contributed by atoms with van der Waals surface area (Å²) >= 11 is 0. The van der Waals surface area contributed by atoms with E-state index in [9.17, 15) is 28.8 Å². The van der Waals surface area contributed by atoms with E-state index in [-0.39, 0.29) is 75.1 Å². The predicted octanol–water partition coefficient (Wildman–Crippen LogP) is 2.49. The molecule has 0 saturated carbocycles. The number of benzene rings is 2. The Labute approximate surface area is 246 Å². The monoisotopic (exact) mass is 598 g/mol. The number of hydrogen-bond donors (Lipinski definition) is 0. The average Bonchev–Trinajstić information content (AvgIpc) is 3.03. The van der Waals surface area contributed by atoms with Crippen molar-refractivity contribution in [1.29, 1.82) is 0 Å². The van der Waals surface area contributed by atoms with Crippen LogP contribution in [-0.4, -0.2) is 88.7 Å². The van der Waals surface area contributed by atoms with Crippen molar-refractivity contribution in [3.8, 4) is 0 Å². The summed E-state index contributed by atoms with van der Waals surface area (Å²) in [6, 6.07) is 11.2. The van der Waals surface area contributed by atoms with Crippen LogP contribution in [0.4, 0.5) is 0 Å². The van der Waals surface area contributed by atoms with Gasteiger partial charge in [0.1, 0.15) is 39.6 Å². The zero-order chi connectivity index (χ0) is 31.5. The lowest BCUT2D eigenvalue weighted by molar-refractivity contribution is -0.139. The molecule has 0 spiro atoms. The molecule has 0 fully saturated rings. The van der Waals surface area contributed by atoms with Crippen LogP contribution in [0.5, 0.6) is 0 Å². The molecule has 2 aromatic carbocycles. The molecule has 2 aromatic rings. The Morgan fingerprint density at radius 1 is 0.419 bits per heavy atom. The number of carbonyl (C=O) groups excluding carboxylic acids is 6. The fourth-order valence-electron chi connectivity index (χ4n) is 2.98. The minimum Gasteiger partial charge on any atom is -0.460 e. The predicted molar refractivity (Wildman–Crippen MR) is 147 cm³/mol. The molecule has 13 nitrogen and oxygen atoms in total. The Kier molecular flexibility index (Phi) is 14.9. The molecule has 0 saturated heterocycles. The van der Waals surface area contributed by atoms with E-state index in [2.05, 4.69) is 13.2 Å². The number of carbonyl (C=O) groups is 6. The number of ether oxygens (including phenoxy) is 7. The minimum absolute atomic E-state index is 0.0493. The largest absolute Gasteiger partial charge is 0.460 e. The van der Waals surface area contributed by atoms with Crippen molar-refractivity contribution in [2.45, 2.75) is 0 Å². The number of esters is 6. The van der Waals surface area contributed by atoms with E-state index in [0.29, 0.717) is 0 Å². The van der Waals surface area contributed by atoms with E-state index >= 15 is 0 Å². The van der Waals surface area contributed by atoms with E-state index in [1.54, 1.807) is 0 Å². The Morgan fingerprint density at radius 2 is 0.651 bits per heavy atom. The van der Waals surface area contributed by atoms with Gasteiger partial charge < -0.3 is 33.2 Å². The van der Waals surface area contributed by atoms with Gasteiger partial charge in [-0.15, -0.1) is 0 Å². The summed E-state index contributed by atoms with van der Waals surface area (Å²) in [7, 11) is 0. The van der Waals surface area contributed by atoms with Gasteiger partial charge in [0.15, 0.2) is 0 Å². The van der Waals surface area contributed by atoms with Gasteiger partial charge in [-0.05, 0) is 48.5 Å². The number of hydrogen-bond acceptors (Lipinski definition) is 13. The molecule has 0 aliphatic carbocycles. The average molecular weight is 599 g/mol. The van der Waals surface area contributed by atoms with Gasteiger partial charge in [0, 0.05) is 12.2 Å². The molecule has 0 bridgehead atoms. The summed E-state index contributed by atoms with van der Waals surface area (Å²) in [4.78, 5) is 70.2. The van der Waals surface area contributed by atoms with Gasteiger partial charge in [-0.1, -0.05) is 13.2 Å². The second-order valence-electron chi connectivity index (χ2n) is 8.05. The lowest BCUT2D eigenvalue weighted by atomic mass is 10.1. The van der Waals surface area contributed by atoms with Crippen LogP contribution in [0, 0.1) is 0 Å². The standard InChI is InChI=1S/C30H30O13/c1-3-25(31)38-17-19-42-29(35)23-9-5-21(6-10-23)27(33)40-15-13-37-14-16-41-28(34)22-7-11-24(12-8-22)30(36)43-20-18-39-26(32)4-2/h3-12H,1-2,13-20H2. The molecule has 2 rings (SSSR count). The summed E-state index contributed by atoms with van der Waals surface area (Å²) in [6.07, 6.45) is 1.99. The fraction of sp³-hybridized carbons (Fsp3) is 0.267.